The van der Waals surface area contributed by atoms with Gasteiger partial charge in [0.25, 0.3) is 5.91 Å². The Morgan fingerprint density at radius 1 is 1.31 bits per heavy atom. The Balaban J connectivity index is 1.81. The largest absolute Gasteiger partial charge is 0.351 e. The number of hydrogen-bond donors (Lipinski definition) is 4. The van der Waals surface area contributed by atoms with Crippen LogP contribution in [0.25, 0.3) is 11.0 Å². The van der Waals surface area contributed by atoms with Crippen molar-refractivity contribution in [3.63, 3.8) is 0 Å². The SMILES string of the molecule is Cn1cnc2c(F)c(Nc3ccc(Br)cc3Cl)c(C(=O)NOCCCCC(=O)NO)cc21. The lowest BCUT2D eigenvalue weighted by molar-refractivity contribution is -0.129. The van der Waals surface area contributed by atoms with Crippen molar-refractivity contribution in [2.45, 2.75) is 19.3 Å². The lowest BCUT2D eigenvalue weighted by Crippen LogP contribution is -2.25. The smallest absolute Gasteiger partial charge is 0.277 e. The molecule has 3 rings (SSSR count). The van der Waals surface area contributed by atoms with Crippen LogP contribution in [0.5, 0.6) is 0 Å². The summed E-state index contributed by atoms with van der Waals surface area (Å²) in [5, 5.41) is 11.7. The molecule has 0 saturated carbocycles. The van der Waals surface area contributed by atoms with Gasteiger partial charge < -0.3 is 9.88 Å². The zero-order valence-electron chi connectivity index (χ0n) is 16.9. The number of nitrogens with zero attached hydrogens (tertiary/aromatic N) is 2. The highest BCUT2D eigenvalue weighted by atomic mass is 79.9. The molecule has 0 aliphatic carbocycles. The molecule has 0 unspecified atom stereocenters. The van der Waals surface area contributed by atoms with Gasteiger partial charge >= 0.3 is 0 Å². The average Bonchev–Trinajstić information content (AvgIpc) is 3.14. The molecular weight excluding hydrogens is 509 g/mol. The molecule has 12 heteroatoms. The van der Waals surface area contributed by atoms with Crippen molar-refractivity contribution in [1.29, 1.82) is 0 Å². The van der Waals surface area contributed by atoms with Crippen LogP contribution in [0.3, 0.4) is 0 Å². The molecule has 1 heterocycles. The summed E-state index contributed by atoms with van der Waals surface area (Å²) in [5.41, 5.74) is 4.66. The van der Waals surface area contributed by atoms with Gasteiger partial charge in [-0.2, -0.15) is 0 Å². The fraction of sp³-hybridized carbons (Fsp3) is 0.250. The summed E-state index contributed by atoms with van der Waals surface area (Å²) in [7, 11) is 1.69. The molecule has 32 heavy (non-hydrogen) atoms. The van der Waals surface area contributed by atoms with E-state index in [0.717, 1.165) is 4.47 Å². The Morgan fingerprint density at radius 2 is 2.09 bits per heavy atom. The van der Waals surface area contributed by atoms with Crippen molar-refractivity contribution in [1.82, 2.24) is 20.5 Å². The molecule has 0 spiro atoms. The minimum Gasteiger partial charge on any atom is -0.351 e. The molecule has 2 aromatic carbocycles. The quantitative estimate of drug-likeness (QED) is 0.188. The predicted octanol–water partition coefficient (Wildman–Crippen LogP) is 4.21. The van der Waals surface area contributed by atoms with Gasteiger partial charge in [-0.05, 0) is 37.1 Å². The van der Waals surface area contributed by atoms with Crippen LogP contribution in [0.1, 0.15) is 29.6 Å². The number of anilines is 2. The van der Waals surface area contributed by atoms with Crippen LogP contribution in [-0.4, -0.2) is 33.2 Å². The molecule has 1 aromatic heterocycles. The van der Waals surface area contributed by atoms with Gasteiger partial charge in [0.2, 0.25) is 5.91 Å². The Bertz CT molecular complexity index is 1160. The highest BCUT2D eigenvalue weighted by Crippen LogP contribution is 2.34. The molecule has 0 atom stereocenters. The number of hydrogen-bond acceptors (Lipinski definition) is 6. The second kappa shape index (κ2) is 10.7. The molecule has 170 valence electrons. The maximum Gasteiger partial charge on any atom is 0.277 e. The average molecular weight is 529 g/mol. The third-order valence-electron chi connectivity index (χ3n) is 4.59. The highest BCUT2D eigenvalue weighted by Gasteiger charge is 2.22. The standard InChI is InChI=1S/C20H20BrClFN5O4/c1-28-10-24-19-15(28)9-12(20(30)27-32-7-3-2-4-16(29)26-31)18(17(19)23)25-14-6-5-11(21)8-13(14)22/h5-6,8-10,25,31H,2-4,7H2,1H3,(H,26,29)(H,27,30). The molecule has 0 aliphatic heterocycles. The molecule has 3 aromatic rings. The minimum absolute atomic E-state index is 0.00255. The molecule has 0 aliphatic rings. The van der Waals surface area contributed by atoms with Crippen molar-refractivity contribution >= 4 is 61.8 Å². The maximum absolute atomic E-state index is 15.3. The van der Waals surface area contributed by atoms with Crippen LogP contribution in [-0.2, 0) is 16.7 Å². The molecule has 0 radical (unpaired) electrons. The Labute approximate surface area is 195 Å². The van der Waals surface area contributed by atoms with E-state index in [-0.39, 0.29) is 29.8 Å². The first kappa shape index (κ1) is 23.9. The Kier molecular flexibility index (Phi) is 8.02. The van der Waals surface area contributed by atoms with Gasteiger partial charge in [-0.1, -0.05) is 27.5 Å². The number of amides is 2. The number of unbranched alkanes of at least 4 members (excludes halogenated alkanes) is 1. The van der Waals surface area contributed by atoms with E-state index in [0.29, 0.717) is 29.1 Å². The van der Waals surface area contributed by atoms with Crippen LogP contribution in [0.15, 0.2) is 35.1 Å². The summed E-state index contributed by atoms with van der Waals surface area (Å²) in [6.45, 7) is 0.127. The number of aromatic nitrogens is 2. The van der Waals surface area contributed by atoms with Gasteiger partial charge in [0.1, 0.15) is 5.52 Å². The van der Waals surface area contributed by atoms with E-state index in [1.165, 1.54) is 17.9 Å². The number of rotatable bonds is 9. The maximum atomic E-state index is 15.3. The number of imidazole rings is 1. The number of fused-ring (bicyclic) bond motifs is 1. The fourth-order valence-corrected chi connectivity index (χ4v) is 3.66. The second-order valence-electron chi connectivity index (χ2n) is 6.86. The summed E-state index contributed by atoms with van der Waals surface area (Å²) in [4.78, 5) is 33.0. The fourth-order valence-electron chi connectivity index (χ4n) is 2.94. The highest BCUT2D eigenvalue weighted by molar-refractivity contribution is 9.10. The van der Waals surface area contributed by atoms with Crippen LogP contribution in [0, 0.1) is 5.82 Å². The summed E-state index contributed by atoms with van der Waals surface area (Å²) in [6.07, 6.45) is 2.48. The van der Waals surface area contributed by atoms with Crippen LogP contribution in [0.2, 0.25) is 5.02 Å². The van der Waals surface area contributed by atoms with Crippen LogP contribution >= 0.6 is 27.5 Å². The third kappa shape index (κ3) is 5.54. The Morgan fingerprint density at radius 3 is 2.81 bits per heavy atom. The molecule has 0 fully saturated rings. The number of carbonyl (C=O) groups is 2. The zero-order valence-corrected chi connectivity index (χ0v) is 19.3. The van der Waals surface area contributed by atoms with Gasteiger partial charge in [-0.3, -0.25) is 19.6 Å². The number of benzene rings is 2. The van der Waals surface area contributed by atoms with Crippen molar-refractivity contribution < 1.29 is 24.0 Å². The van der Waals surface area contributed by atoms with Crippen LogP contribution in [0.4, 0.5) is 15.8 Å². The lowest BCUT2D eigenvalue weighted by Gasteiger charge is -2.15. The third-order valence-corrected chi connectivity index (χ3v) is 5.39. The number of aryl methyl sites for hydroxylation is 1. The van der Waals surface area contributed by atoms with Crippen molar-refractivity contribution in [3.8, 4) is 0 Å². The van der Waals surface area contributed by atoms with Crippen LogP contribution < -0.4 is 16.3 Å². The van der Waals surface area contributed by atoms with Crippen molar-refractivity contribution in [2.24, 2.45) is 7.05 Å². The summed E-state index contributed by atoms with van der Waals surface area (Å²) >= 11 is 9.56. The number of halogens is 3. The summed E-state index contributed by atoms with van der Waals surface area (Å²) < 4.78 is 17.7. The minimum atomic E-state index is -0.706. The molecule has 2 amide bonds. The van der Waals surface area contributed by atoms with E-state index >= 15 is 4.39 Å². The van der Waals surface area contributed by atoms with Gasteiger partial charge in [0.15, 0.2) is 5.82 Å². The molecule has 0 saturated heterocycles. The van der Waals surface area contributed by atoms with Gasteiger partial charge in [-0.15, -0.1) is 0 Å². The van der Waals surface area contributed by atoms with Gasteiger partial charge in [-0.25, -0.2) is 20.3 Å². The van der Waals surface area contributed by atoms with Gasteiger partial charge in [0.05, 0.1) is 40.4 Å². The van der Waals surface area contributed by atoms with Crippen molar-refractivity contribution in [3.05, 3.63) is 51.5 Å². The van der Waals surface area contributed by atoms with E-state index in [2.05, 4.69) is 31.7 Å². The van der Waals surface area contributed by atoms with Gasteiger partial charge in [0, 0.05) is 17.9 Å². The summed E-state index contributed by atoms with van der Waals surface area (Å²) in [6, 6.07) is 6.52. The first-order valence-corrected chi connectivity index (χ1v) is 10.7. The predicted molar refractivity (Wildman–Crippen MR) is 120 cm³/mol. The van der Waals surface area contributed by atoms with E-state index in [1.54, 1.807) is 29.8 Å². The number of nitrogens with one attached hydrogen (secondary N) is 3. The van der Waals surface area contributed by atoms with E-state index in [4.69, 9.17) is 21.6 Å². The zero-order chi connectivity index (χ0) is 23.3. The number of carbonyl (C=O) groups excluding carboxylic acids is 2. The van der Waals surface area contributed by atoms with E-state index in [1.807, 2.05) is 0 Å². The first-order valence-electron chi connectivity index (χ1n) is 9.52. The lowest BCUT2D eigenvalue weighted by atomic mass is 10.1. The Hall–Kier alpha value is -2.73. The van der Waals surface area contributed by atoms with E-state index < -0.39 is 17.6 Å². The van der Waals surface area contributed by atoms with E-state index in [9.17, 15) is 9.59 Å². The molecular formula is C20H20BrClFN5O4. The normalized spacial score (nSPS) is 10.9. The second-order valence-corrected chi connectivity index (χ2v) is 8.18. The molecule has 9 nitrogen and oxygen atoms in total. The molecule has 4 N–H and O–H groups in total. The monoisotopic (exact) mass is 527 g/mol. The first-order chi connectivity index (χ1) is 15.3. The number of hydroxylamine groups is 2. The topological polar surface area (TPSA) is 118 Å². The van der Waals surface area contributed by atoms with Crippen molar-refractivity contribution in [2.75, 3.05) is 11.9 Å². The summed E-state index contributed by atoms with van der Waals surface area (Å²) in [5.74, 6) is -1.88. The molecule has 0 bridgehead atoms.